The molecule has 0 amide bonds. The summed E-state index contributed by atoms with van der Waals surface area (Å²) in [5.74, 6) is 0.261. The minimum Gasteiger partial charge on any atom is -0.311 e. The highest BCUT2D eigenvalue weighted by Crippen LogP contribution is 2.34. The topological polar surface area (TPSA) is 64.8 Å². The van der Waals surface area contributed by atoms with Crippen LogP contribution in [0.25, 0.3) is 38.7 Å². The Hall–Kier alpha value is -3.61. The van der Waals surface area contributed by atoms with Crippen LogP contribution in [0.3, 0.4) is 0 Å². The molecule has 1 aliphatic carbocycles. The zero-order valence-electron chi connectivity index (χ0n) is 16.8. The van der Waals surface area contributed by atoms with Crippen molar-refractivity contribution in [2.75, 3.05) is 0 Å². The van der Waals surface area contributed by atoms with Crippen molar-refractivity contribution in [3.63, 3.8) is 0 Å². The summed E-state index contributed by atoms with van der Waals surface area (Å²) in [6.07, 6.45) is 1.59. The number of fused-ring (bicyclic) bond motifs is 3. The van der Waals surface area contributed by atoms with Gasteiger partial charge in [0.25, 0.3) is 0 Å². The van der Waals surface area contributed by atoms with E-state index in [4.69, 9.17) is 16.6 Å². The lowest BCUT2D eigenvalue weighted by Gasteiger charge is -2.01. The first kappa shape index (κ1) is 19.1. The van der Waals surface area contributed by atoms with E-state index in [1.807, 2.05) is 60.1 Å². The molecule has 7 heteroatoms. The molecule has 154 valence electrons. The van der Waals surface area contributed by atoms with Gasteiger partial charge in [-0.3, -0.25) is 9.59 Å². The number of thiazole rings is 1. The molecule has 2 aromatic heterocycles. The number of allylic oxidation sites excluding steroid dienone is 1. The number of Topliss-reactive ketones (excluding diaryl/α,β-unsaturated/α-hetero) is 2. The highest BCUT2D eigenvalue weighted by Gasteiger charge is 2.33. The van der Waals surface area contributed by atoms with Gasteiger partial charge in [-0.2, -0.15) is 0 Å². The number of carbonyl (C=O) groups is 2. The van der Waals surface area contributed by atoms with E-state index in [-0.39, 0.29) is 17.1 Å². The Bertz CT molecular complexity index is 1570. The van der Waals surface area contributed by atoms with Crippen LogP contribution in [0.1, 0.15) is 25.7 Å². The summed E-state index contributed by atoms with van der Waals surface area (Å²) < 4.78 is 1.90. The maximum atomic E-state index is 13.0. The fourth-order valence-corrected chi connectivity index (χ4v) is 5.10. The zero-order chi connectivity index (χ0) is 22.0. The molecule has 5 nitrogen and oxygen atoms in total. The van der Waals surface area contributed by atoms with E-state index in [9.17, 15) is 9.59 Å². The fourth-order valence-electron chi connectivity index (χ4n) is 4.07. The molecular weight excluding hydrogens is 442 g/mol. The number of halogens is 1. The van der Waals surface area contributed by atoms with E-state index >= 15 is 0 Å². The van der Waals surface area contributed by atoms with E-state index < -0.39 is 0 Å². The van der Waals surface area contributed by atoms with Crippen LogP contribution >= 0.6 is 22.9 Å². The first-order chi connectivity index (χ1) is 15.5. The van der Waals surface area contributed by atoms with Gasteiger partial charge in [0, 0.05) is 28.8 Å². The SMILES string of the molecule is Cn1c(-c2ccc(Cl)cc2)nc2sc(C=C3C(=O)c4cc5ccccc5cc4C3=O)nc21. The summed E-state index contributed by atoms with van der Waals surface area (Å²) in [6.45, 7) is 0. The number of hydrogen-bond acceptors (Lipinski definition) is 5. The second-order valence-corrected chi connectivity index (χ2v) is 9.09. The Balaban J connectivity index is 1.40. The van der Waals surface area contributed by atoms with Crippen LogP contribution in [0, 0.1) is 0 Å². The lowest BCUT2D eigenvalue weighted by Crippen LogP contribution is -2.00. The van der Waals surface area contributed by atoms with E-state index in [0.29, 0.717) is 26.8 Å². The minimum atomic E-state index is -0.259. The van der Waals surface area contributed by atoms with Crippen LogP contribution in [-0.4, -0.2) is 26.1 Å². The number of aromatic nitrogens is 3. The molecule has 0 unspecified atom stereocenters. The summed E-state index contributed by atoms with van der Waals surface area (Å²) in [7, 11) is 1.89. The Morgan fingerprint density at radius 1 is 0.906 bits per heavy atom. The molecule has 2 heterocycles. The van der Waals surface area contributed by atoms with Crippen LogP contribution in [0.4, 0.5) is 0 Å². The van der Waals surface area contributed by atoms with Crippen LogP contribution in [0.15, 0.2) is 66.2 Å². The normalized spacial score (nSPS) is 13.4. The Labute approximate surface area is 191 Å². The number of imidazole rings is 1. The summed E-state index contributed by atoms with van der Waals surface area (Å²) in [4.78, 5) is 36.1. The van der Waals surface area contributed by atoms with Gasteiger partial charge in [-0.05, 0) is 53.2 Å². The fraction of sp³-hybridized carbons (Fsp3) is 0.0400. The molecule has 0 saturated carbocycles. The third-order valence-corrected chi connectivity index (χ3v) is 6.82. The number of ketones is 2. The molecule has 0 bridgehead atoms. The second-order valence-electron chi connectivity index (χ2n) is 7.64. The van der Waals surface area contributed by atoms with Crippen molar-refractivity contribution in [3.05, 3.63) is 87.4 Å². The predicted molar refractivity (Wildman–Crippen MR) is 127 cm³/mol. The number of nitrogens with zero attached hydrogens (tertiary/aromatic N) is 3. The number of aryl methyl sites for hydroxylation is 1. The van der Waals surface area contributed by atoms with Crippen LogP contribution < -0.4 is 0 Å². The smallest absolute Gasteiger partial charge is 0.197 e. The van der Waals surface area contributed by atoms with E-state index in [1.165, 1.54) is 11.3 Å². The van der Waals surface area contributed by atoms with Gasteiger partial charge in [0.15, 0.2) is 22.0 Å². The Morgan fingerprint density at radius 2 is 1.53 bits per heavy atom. The molecular formula is C25H14ClN3O2S. The molecule has 3 aromatic carbocycles. The lowest BCUT2D eigenvalue weighted by atomic mass is 10.0. The van der Waals surface area contributed by atoms with Gasteiger partial charge >= 0.3 is 0 Å². The molecule has 6 rings (SSSR count). The monoisotopic (exact) mass is 455 g/mol. The third-order valence-electron chi connectivity index (χ3n) is 5.69. The van der Waals surface area contributed by atoms with Gasteiger partial charge in [0.05, 0.1) is 5.57 Å². The van der Waals surface area contributed by atoms with Crippen molar-refractivity contribution < 1.29 is 9.59 Å². The van der Waals surface area contributed by atoms with Crippen molar-refractivity contribution in [1.29, 1.82) is 0 Å². The molecule has 1 aliphatic rings. The van der Waals surface area contributed by atoms with Gasteiger partial charge in [-0.1, -0.05) is 47.2 Å². The molecule has 0 fully saturated rings. The third kappa shape index (κ3) is 2.84. The largest absolute Gasteiger partial charge is 0.311 e. The average molecular weight is 456 g/mol. The average Bonchev–Trinajstić information content (AvgIpc) is 3.41. The van der Waals surface area contributed by atoms with Gasteiger partial charge in [-0.25, -0.2) is 9.97 Å². The van der Waals surface area contributed by atoms with Crippen molar-refractivity contribution in [1.82, 2.24) is 14.5 Å². The number of hydrogen-bond donors (Lipinski definition) is 0. The second kappa shape index (κ2) is 6.95. The summed E-state index contributed by atoms with van der Waals surface area (Å²) in [5, 5.41) is 3.12. The van der Waals surface area contributed by atoms with Crippen LogP contribution in [0.5, 0.6) is 0 Å². The van der Waals surface area contributed by atoms with Crippen LogP contribution in [-0.2, 0) is 7.05 Å². The standard InChI is InChI=1S/C25H14ClN3O2S/c1-29-23(13-6-8-16(26)9-7-13)28-25-24(29)27-20(32-25)12-19-21(30)17-10-14-4-2-3-5-15(14)11-18(17)22(19)31/h2-12H,1H3. The molecule has 0 saturated heterocycles. The van der Waals surface area contributed by atoms with E-state index in [2.05, 4.69) is 4.98 Å². The van der Waals surface area contributed by atoms with Gasteiger partial charge < -0.3 is 4.57 Å². The molecule has 0 aliphatic heterocycles. The zero-order valence-corrected chi connectivity index (χ0v) is 18.4. The maximum absolute atomic E-state index is 13.0. The van der Waals surface area contributed by atoms with E-state index in [0.717, 1.165) is 27.0 Å². The number of rotatable bonds is 2. The highest BCUT2D eigenvalue weighted by atomic mass is 35.5. The van der Waals surface area contributed by atoms with Crippen molar-refractivity contribution in [3.8, 4) is 11.4 Å². The molecule has 0 N–H and O–H groups in total. The predicted octanol–water partition coefficient (Wildman–Crippen LogP) is 5.97. The van der Waals surface area contributed by atoms with Gasteiger partial charge in [0.1, 0.15) is 10.8 Å². The Morgan fingerprint density at radius 3 is 2.12 bits per heavy atom. The maximum Gasteiger partial charge on any atom is 0.197 e. The summed E-state index contributed by atoms with van der Waals surface area (Å²) in [5.41, 5.74) is 2.68. The number of benzene rings is 3. The quantitative estimate of drug-likeness (QED) is 0.243. The van der Waals surface area contributed by atoms with Crippen molar-refractivity contribution >= 4 is 61.8 Å². The van der Waals surface area contributed by atoms with Crippen molar-refractivity contribution in [2.45, 2.75) is 0 Å². The van der Waals surface area contributed by atoms with Gasteiger partial charge in [0.2, 0.25) is 0 Å². The summed E-state index contributed by atoms with van der Waals surface area (Å²) in [6, 6.07) is 18.8. The first-order valence-corrected chi connectivity index (χ1v) is 11.1. The molecule has 0 spiro atoms. The first-order valence-electron chi connectivity index (χ1n) is 9.93. The summed E-state index contributed by atoms with van der Waals surface area (Å²) >= 11 is 7.34. The minimum absolute atomic E-state index is 0.146. The molecule has 0 radical (unpaired) electrons. The number of carbonyl (C=O) groups excluding carboxylic acids is 2. The van der Waals surface area contributed by atoms with E-state index in [1.54, 1.807) is 18.2 Å². The molecule has 32 heavy (non-hydrogen) atoms. The van der Waals surface area contributed by atoms with Gasteiger partial charge in [-0.15, -0.1) is 0 Å². The molecule has 0 atom stereocenters. The highest BCUT2D eigenvalue weighted by molar-refractivity contribution is 7.19. The van der Waals surface area contributed by atoms with Crippen LogP contribution in [0.2, 0.25) is 5.02 Å². The Kier molecular flexibility index (Phi) is 4.15. The molecule has 5 aromatic rings. The van der Waals surface area contributed by atoms with Crippen molar-refractivity contribution in [2.24, 2.45) is 7.05 Å². The lowest BCUT2D eigenvalue weighted by molar-refractivity contribution is 0.0990.